The summed E-state index contributed by atoms with van der Waals surface area (Å²) in [5.41, 5.74) is -1.55. The van der Waals surface area contributed by atoms with Gasteiger partial charge in [-0.2, -0.15) is 5.26 Å². The van der Waals surface area contributed by atoms with Crippen LogP contribution in [0, 0.1) is 40.4 Å². The third-order valence-electron chi connectivity index (χ3n) is 1.64. The summed E-state index contributed by atoms with van der Waals surface area (Å²) in [6.07, 6.45) is -2.41. The minimum Gasteiger partial charge on any atom is -0.374 e. The van der Waals surface area contributed by atoms with Crippen molar-refractivity contribution in [2.45, 2.75) is 6.10 Å². The molecule has 0 unspecified atom stereocenters. The van der Waals surface area contributed by atoms with Gasteiger partial charge in [-0.3, -0.25) is 0 Å². The summed E-state index contributed by atoms with van der Waals surface area (Å²) in [6.45, 7) is 0. The first kappa shape index (κ1) is 11.4. The Balaban J connectivity index is 3.61. The number of hydrogen-bond donors (Lipinski definition) is 1. The Hall–Kier alpha value is -1.68. The van der Waals surface area contributed by atoms with Crippen molar-refractivity contribution in [3.05, 3.63) is 34.6 Å². The second-order valence-electron chi connectivity index (χ2n) is 2.52. The first-order chi connectivity index (χ1) is 6.91. The fourth-order valence-corrected chi connectivity index (χ4v) is 0.926. The van der Waals surface area contributed by atoms with Crippen LogP contribution in [0.5, 0.6) is 0 Å². The summed E-state index contributed by atoms with van der Waals surface area (Å²) in [4.78, 5) is 0. The molecule has 0 aliphatic heterocycles. The molecule has 0 saturated heterocycles. The maximum Gasteiger partial charge on any atom is 0.200 e. The lowest BCUT2D eigenvalue weighted by atomic mass is 10.1. The van der Waals surface area contributed by atoms with Gasteiger partial charge in [-0.25, -0.2) is 22.0 Å². The molecule has 0 spiro atoms. The van der Waals surface area contributed by atoms with Gasteiger partial charge in [-0.1, -0.05) is 0 Å². The SMILES string of the molecule is N#C[C@@H](O)c1c(F)c(F)c(F)c(F)c1F. The average molecular weight is 223 g/mol. The highest BCUT2D eigenvalue weighted by molar-refractivity contribution is 5.28. The Morgan fingerprint density at radius 2 is 1.20 bits per heavy atom. The maximum atomic E-state index is 12.8. The molecule has 0 bridgehead atoms. The highest BCUT2D eigenvalue weighted by Gasteiger charge is 2.29. The summed E-state index contributed by atoms with van der Waals surface area (Å²) in [6, 6.07) is 0.957. The Labute approximate surface area is 80.2 Å². The minimum atomic E-state index is -2.41. The van der Waals surface area contributed by atoms with Crippen molar-refractivity contribution in [2.24, 2.45) is 0 Å². The van der Waals surface area contributed by atoms with E-state index in [1.807, 2.05) is 0 Å². The number of aliphatic hydroxyl groups is 1. The molecule has 7 heteroatoms. The van der Waals surface area contributed by atoms with Crippen LogP contribution < -0.4 is 0 Å². The van der Waals surface area contributed by atoms with Crippen molar-refractivity contribution < 1.29 is 27.1 Å². The number of nitrogens with zero attached hydrogens (tertiary/aromatic N) is 1. The van der Waals surface area contributed by atoms with E-state index in [4.69, 9.17) is 10.4 Å². The minimum absolute atomic E-state index is 0.957. The molecule has 0 radical (unpaired) electrons. The van der Waals surface area contributed by atoms with Gasteiger partial charge in [0, 0.05) is 0 Å². The first-order valence-electron chi connectivity index (χ1n) is 3.50. The number of rotatable bonds is 1. The van der Waals surface area contributed by atoms with Crippen molar-refractivity contribution in [3.63, 3.8) is 0 Å². The molecular formula is C8H2F5NO. The summed E-state index contributed by atoms with van der Waals surface area (Å²) >= 11 is 0. The van der Waals surface area contributed by atoms with E-state index < -0.39 is 40.8 Å². The molecule has 2 nitrogen and oxygen atoms in total. The maximum absolute atomic E-state index is 12.8. The second-order valence-corrected chi connectivity index (χ2v) is 2.52. The Morgan fingerprint density at radius 1 is 0.867 bits per heavy atom. The van der Waals surface area contributed by atoms with Crippen LogP contribution in [0.2, 0.25) is 0 Å². The van der Waals surface area contributed by atoms with Crippen molar-refractivity contribution in [1.29, 1.82) is 5.26 Å². The third kappa shape index (κ3) is 1.64. The summed E-state index contributed by atoms with van der Waals surface area (Å²) in [5, 5.41) is 16.9. The van der Waals surface area contributed by atoms with Crippen LogP contribution in [0.1, 0.15) is 11.7 Å². The van der Waals surface area contributed by atoms with E-state index in [2.05, 4.69) is 0 Å². The fourth-order valence-electron chi connectivity index (χ4n) is 0.926. The van der Waals surface area contributed by atoms with Gasteiger partial charge < -0.3 is 5.11 Å². The van der Waals surface area contributed by atoms with Crippen LogP contribution in [-0.2, 0) is 0 Å². The van der Waals surface area contributed by atoms with Crippen LogP contribution >= 0.6 is 0 Å². The quantitative estimate of drug-likeness (QED) is 0.342. The predicted molar refractivity (Wildman–Crippen MR) is 36.8 cm³/mol. The Kier molecular flexibility index (Phi) is 2.90. The van der Waals surface area contributed by atoms with Crippen molar-refractivity contribution in [3.8, 4) is 6.07 Å². The van der Waals surface area contributed by atoms with Crippen molar-refractivity contribution in [2.75, 3.05) is 0 Å². The van der Waals surface area contributed by atoms with Crippen LogP contribution in [0.25, 0.3) is 0 Å². The smallest absolute Gasteiger partial charge is 0.200 e. The fraction of sp³-hybridized carbons (Fsp3) is 0.125. The zero-order valence-corrected chi connectivity index (χ0v) is 6.86. The van der Waals surface area contributed by atoms with E-state index in [1.54, 1.807) is 0 Å². The van der Waals surface area contributed by atoms with Gasteiger partial charge in [0.25, 0.3) is 0 Å². The molecule has 0 heterocycles. The first-order valence-corrected chi connectivity index (χ1v) is 3.50. The molecule has 0 fully saturated rings. The normalized spacial score (nSPS) is 12.3. The van der Waals surface area contributed by atoms with E-state index in [-0.39, 0.29) is 0 Å². The second kappa shape index (κ2) is 3.82. The monoisotopic (exact) mass is 223 g/mol. The number of halogens is 5. The molecule has 1 rings (SSSR count). The standard InChI is InChI=1S/C8H2F5NO/c9-4-3(2(15)1-14)5(10)7(12)8(13)6(4)11/h2,15H/t2-/m1/s1. The number of hydrogen-bond acceptors (Lipinski definition) is 2. The molecule has 1 N–H and O–H groups in total. The molecule has 1 aromatic rings. The lowest BCUT2D eigenvalue weighted by molar-refractivity contribution is 0.217. The molecule has 0 amide bonds. The van der Waals surface area contributed by atoms with Crippen molar-refractivity contribution in [1.82, 2.24) is 0 Å². The van der Waals surface area contributed by atoms with Gasteiger partial charge in [-0.05, 0) is 0 Å². The van der Waals surface area contributed by atoms with Crippen LogP contribution in [0.4, 0.5) is 22.0 Å². The lowest BCUT2D eigenvalue weighted by Crippen LogP contribution is -2.10. The lowest BCUT2D eigenvalue weighted by Gasteiger charge is -2.08. The topological polar surface area (TPSA) is 44.0 Å². The Bertz CT molecular complexity index is 424. The predicted octanol–water partition coefficient (Wildman–Crippen LogP) is 1.94. The molecule has 0 saturated carbocycles. The van der Waals surface area contributed by atoms with Gasteiger partial charge in [-0.15, -0.1) is 0 Å². The highest BCUT2D eigenvalue weighted by Crippen LogP contribution is 2.27. The number of aliphatic hydroxyl groups excluding tert-OH is 1. The summed E-state index contributed by atoms with van der Waals surface area (Å²) in [5.74, 6) is -11.1. The average Bonchev–Trinajstić information content (AvgIpc) is 2.23. The zero-order chi connectivity index (χ0) is 11.7. The van der Waals surface area contributed by atoms with Gasteiger partial charge in [0.05, 0.1) is 11.6 Å². The zero-order valence-electron chi connectivity index (χ0n) is 6.86. The largest absolute Gasteiger partial charge is 0.374 e. The van der Waals surface area contributed by atoms with E-state index in [0.29, 0.717) is 0 Å². The molecule has 1 atom stereocenters. The number of nitriles is 1. The summed E-state index contributed by atoms with van der Waals surface area (Å²) in [7, 11) is 0. The molecule has 80 valence electrons. The molecule has 0 aliphatic rings. The van der Waals surface area contributed by atoms with E-state index >= 15 is 0 Å². The van der Waals surface area contributed by atoms with E-state index in [0.717, 1.165) is 6.07 Å². The molecule has 0 aromatic heterocycles. The van der Waals surface area contributed by atoms with E-state index in [1.165, 1.54) is 0 Å². The summed E-state index contributed by atoms with van der Waals surface area (Å²) < 4.78 is 63.1. The van der Waals surface area contributed by atoms with Crippen LogP contribution in [-0.4, -0.2) is 5.11 Å². The van der Waals surface area contributed by atoms with Gasteiger partial charge >= 0.3 is 0 Å². The van der Waals surface area contributed by atoms with Crippen LogP contribution in [0.15, 0.2) is 0 Å². The third-order valence-corrected chi connectivity index (χ3v) is 1.64. The molecular weight excluding hydrogens is 221 g/mol. The van der Waals surface area contributed by atoms with E-state index in [9.17, 15) is 22.0 Å². The van der Waals surface area contributed by atoms with Crippen LogP contribution in [0.3, 0.4) is 0 Å². The number of benzene rings is 1. The van der Waals surface area contributed by atoms with Crippen molar-refractivity contribution >= 4 is 0 Å². The van der Waals surface area contributed by atoms with Gasteiger partial charge in [0.15, 0.2) is 29.4 Å². The molecule has 15 heavy (non-hydrogen) atoms. The van der Waals surface area contributed by atoms with Gasteiger partial charge in [0.2, 0.25) is 5.82 Å². The van der Waals surface area contributed by atoms with Gasteiger partial charge in [0.1, 0.15) is 0 Å². The Morgan fingerprint density at radius 3 is 1.53 bits per heavy atom. The molecule has 1 aromatic carbocycles. The molecule has 0 aliphatic carbocycles. The highest BCUT2D eigenvalue weighted by atomic mass is 19.2.